The van der Waals surface area contributed by atoms with Crippen LogP contribution in [0.1, 0.15) is 88.1 Å². The van der Waals surface area contributed by atoms with E-state index >= 15 is 0 Å². The molecule has 10 heteroatoms. The molecule has 1 heterocycles. The molecule has 1 aliphatic carbocycles. The third kappa shape index (κ3) is 6.25. The van der Waals surface area contributed by atoms with Crippen molar-refractivity contribution in [2.75, 3.05) is 0 Å². The SMILES string of the molecule is CC(C)=CCc1c(O)ccc(C(=O)[C@@H]2[C@@H](c3ccc(O)cc3O)CC(C)=C[C@H]2c2ccc(O)c([C@H]3Oc4cc(O)ccc4C(=O)[C@@H]3O)c2)c1O. The molecule has 0 radical (unpaired) electrons. The normalized spacial score (nSPS) is 21.5. The summed E-state index contributed by atoms with van der Waals surface area (Å²) in [7, 11) is 0. The van der Waals surface area contributed by atoms with Crippen molar-refractivity contribution in [1.29, 1.82) is 0 Å². The minimum absolute atomic E-state index is 0.0294. The molecule has 0 amide bonds. The molecule has 5 atom stereocenters. The fourth-order valence-corrected chi connectivity index (χ4v) is 7.06. The molecule has 4 aromatic carbocycles. The lowest BCUT2D eigenvalue weighted by Gasteiger charge is -2.37. The van der Waals surface area contributed by atoms with Crippen LogP contribution in [-0.2, 0) is 6.42 Å². The number of phenolic OH excluding ortho intramolecular Hbond substituents is 6. The molecule has 0 unspecified atom stereocenters. The molecule has 0 fully saturated rings. The van der Waals surface area contributed by atoms with Crippen molar-refractivity contribution in [3.05, 3.63) is 123 Å². The maximum atomic E-state index is 14.8. The predicted octanol–water partition coefficient (Wildman–Crippen LogP) is 6.82. The van der Waals surface area contributed by atoms with E-state index in [2.05, 4.69) is 0 Å². The van der Waals surface area contributed by atoms with Gasteiger partial charge in [0.15, 0.2) is 23.8 Å². The van der Waals surface area contributed by atoms with Crippen LogP contribution >= 0.6 is 0 Å². The Hall–Kier alpha value is -5.74. The Morgan fingerprint density at radius 2 is 1.54 bits per heavy atom. The molecule has 6 rings (SSSR count). The molecule has 0 bridgehead atoms. The fourth-order valence-electron chi connectivity index (χ4n) is 7.06. The topological polar surface area (TPSA) is 185 Å². The quantitative estimate of drug-likeness (QED) is 0.0808. The number of phenols is 6. The third-order valence-electron chi connectivity index (χ3n) is 9.56. The molecule has 7 N–H and O–H groups in total. The fraction of sp³-hybridized carbons (Fsp3) is 0.250. The molecule has 10 nitrogen and oxygen atoms in total. The monoisotopic (exact) mass is 678 g/mol. The molecule has 4 aromatic rings. The van der Waals surface area contributed by atoms with Gasteiger partial charge in [-0.25, -0.2) is 0 Å². The van der Waals surface area contributed by atoms with Gasteiger partial charge in [0.1, 0.15) is 40.2 Å². The molecule has 0 saturated heterocycles. The lowest BCUT2D eigenvalue weighted by molar-refractivity contribution is 0.0207. The van der Waals surface area contributed by atoms with Gasteiger partial charge in [0.2, 0.25) is 0 Å². The van der Waals surface area contributed by atoms with Gasteiger partial charge in [-0.3, -0.25) is 9.59 Å². The average molecular weight is 679 g/mol. The number of allylic oxidation sites excluding steroid dienone is 4. The molecule has 0 aromatic heterocycles. The Morgan fingerprint density at radius 1 is 0.840 bits per heavy atom. The summed E-state index contributed by atoms with van der Waals surface area (Å²) in [6.45, 7) is 5.63. The molecular weight excluding hydrogens is 640 g/mol. The van der Waals surface area contributed by atoms with Gasteiger partial charge in [0.25, 0.3) is 0 Å². The van der Waals surface area contributed by atoms with E-state index in [4.69, 9.17) is 4.74 Å². The van der Waals surface area contributed by atoms with Crippen molar-refractivity contribution >= 4 is 11.6 Å². The Balaban J connectivity index is 1.50. The summed E-state index contributed by atoms with van der Waals surface area (Å²) in [5.74, 6) is -4.78. The van der Waals surface area contributed by atoms with Gasteiger partial charge in [-0.1, -0.05) is 35.4 Å². The first-order chi connectivity index (χ1) is 23.7. The number of fused-ring (bicyclic) bond motifs is 1. The number of hydrogen-bond acceptors (Lipinski definition) is 10. The van der Waals surface area contributed by atoms with Crippen molar-refractivity contribution in [3.8, 4) is 40.2 Å². The first kappa shape index (κ1) is 34.1. The van der Waals surface area contributed by atoms with Crippen LogP contribution in [0, 0.1) is 5.92 Å². The van der Waals surface area contributed by atoms with Gasteiger partial charge in [-0.15, -0.1) is 0 Å². The van der Waals surface area contributed by atoms with Crippen molar-refractivity contribution in [2.45, 2.75) is 57.7 Å². The maximum Gasteiger partial charge on any atom is 0.199 e. The van der Waals surface area contributed by atoms with E-state index in [-0.39, 0.29) is 68.9 Å². The highest BCUT2D eigenvalue weighted by atomic mass is 16.5. The molecule has 258 valence electrons. The molecule has 0 saturated carbocycles. The predicted molar refractivity (Wildman–Crippen MR) is 184 cm³/mol. The average Bonchev–Trinajstić information content (AvgIpc) is 3.06. The minimum atomic E-state index is -1.69. The van der Waals surface area contributed by atoms with Crippen molar-refractivity contribution < 1.29 is 50.1 Å². The zero-order valence-electron chi connectivity index (χ0n) is 27.7. The lowest BCUT2D eigenvalue weighted by Crippen LogP contribution is -2.36. The van der Waals surface area contributed by atoms with Crippen molar-refractivity contribution in [1.82, 2.24) is 0 Å². The van der Waals surface area contributed by atoms with Gasteiger partial charge in [0.05, 0.1) is 11.1 Å². The molecule has 2 aliphatic rings. The third-order valence-corrected chi connectivity index (χ3v) is 9.56. The number of benzene rings is 4. The number of carbonyl (C=O) groups is 2. The largest absolute Gasteiger partial charge is 0.508 e. The summed E-state index contributed by atoms with van der Waals surface area (Å²) < 4.78 is 5.98. The number of aliphatic hydroxyl groups is 1. The molecule has 50 heavy (non-hydrogen) atoms. The highest BCUT2D eigenvalue weighted by Gasteiger charge is 2.43. The van der Waals surface area contributed by atoms with E-state index in [0.717, 1.165) is 11.1 Å². The van der Waals surface area contributed by atoms with E-state index in [9.17, 15) is 45.3 Å². The Labute approximate surface area is 288 Å². The molecular formula is C40H38O10. The van der Waals surface area contributed by atoms with E-state index in [1.165, 1.54) is 48.5 Å². The maximum absolute atomic E-state index is 14.8. The summed E-state index contributed by atoms with van der Waals surface area (Å²) in [6.07, 6.45) is 1.20. The Morgan fingerprint density at radius 3 is 2.26 bits per heavy atom. The molecule has 0 spiro atoms. The highest BCUT2D eigenvalue weighted by Crippen LogP contribution is 2.51. The van der Waals surface area contributed by atoms with Gasteiger partial charge in [-0.05, 0) is 87.2 Å². The van der Waals surface area contributed by atoms with Gasteiger partial charge < -0.3 is 40.5 Å². The van der Waals surface area contributed by atoms with Gasteiger partial charge in [0, 0.05) is 41.0 Å². The summed E-state index contributed by atoms with van der Waals surface area (Å²) in [5, 5.41) is 75.2. The summed E-state index contributed by atoms with van der Waals surface area (Å²) in [5.41, 5.74) is 3.03. The second kappa shape index (κ2) is 13.3. The Bertz CT molecular complexity index is 2070. The van der Waals surface area contributed by atoms with E-state index < -0.39 is 41.5 Å². The summed E-state index contributed by atoms with van der Waals surface area (Å²) >= 11 is 0. The van der Waals surface area contributed by atoms with Gasteiger partial charge in [-0.2, -0.15) is 0 Å². The number of ether oxygens (including phenoxy) is 1. The number of aliphatic hydroxyl groups excluding tert-OH is 1. The highest BCUT2D eigenvalue weighted by molar-refractivity contribution is 6.04. The second-order valence-corrected chi connectivity index (χ2v) is 13.3. The number of carbonyl (C=O) groups excluding carboxylic acids is 2. The van der Waals surface area contributed by atoms with Crippen molar-refractivity contribution in [2.24, 2.45) is 5.92 Å². The van der Waals surface area contributed by atoms with Gasteiger partial charge >= 0.3 is 0 Å². The lowest BCUT2D eigenvalue weighted by atomic mass is 9.65. The smallest absolute Gasteiger partial charge is 0.199 e. The van der Waals surface area contributed by atoms with E-state index in [1.54, 1.807) is 18.2 Å². The number of Topliss-reactive ketones (excluding diaryl/α,β-unsaturated/α-hetero) is 2. The number of aromatic hydroxyl groups is 6. The summed E-state index contributed by atoms with van der Waals surface area (Å²) in [6, 6.07) is 15.3. The van der Waals surface area contributed by atoms with Crippen LogP contribution in [0.25, 0.3) is 0 Å². The van der Waals surface area contributed by atoms with Crippen molar-refractivity contribution in [3.63, 3.8) is 0 Å². The van der Waals surface area contributed by atoms with Crippen LogP contribution in [-0.4, -0.2) is 53.4 Å². The zero-order valence-corrected chi connectivity index (χ0v) is 27.7. The first-order valence-corrected chi connectivity index (χ1v) is 16.2. The van der Waals surface area contributed by atoms with Crippen LogP contribution in [0.3, 0.4) is 0 Å². The van der Waals surface area contributed by atoms with E-state index in [0.29, 0.717) is 17.5 Å². The van der Waals surface area contributed by atoms with Crippen LogP contribution in [0.15, 0.2) is 90.0 Å². The number of rotatable bonds is 7. The first-order valence-electron chi connectivity index (χ1n) is 16.2. The number of hydrogen-bond donors (Lipinski definition) is 7. The summed E-state index contributed by atoms with van der Waals surface area (Å²) in [4.78, 5) is 27.9. The van der Waals surface area contributed by atoms with Crippen LogP contribution in [0.5, 0.6) is 40.2 Å². The van der Waals surface area contributed by atoms with E-state index in [1.807, 2.05) is 32.9 Å². The standard InChI is InChI=1S/C40H38O10/c1-19(2)4-8-25-31(43)13-11-27(36(25)46)37(47)35-28(14-20(3)15-29(35)24-9-6-22(41)17-33(24)45)21-5-12-32(44)30(16-21)40-39(49)38(48)26-10-7-23(42)18-34(26)50-40/h4-7,9-14,16-18,28-29,35,39-46,49H,8,15H2,1-3H3/t28-,29+,35-,39-,40+/m0/s1. The molecule has 1 aliphatic heterocycles. The van der Waals surface area contributed by atoms with Crippen LogP contribution in [0.4, 0.5) is 0 Å². The number of ketones is 2. The Kier molecular flexibility index (Phi) is 9.07. The van der Waals surface area contributed by atoms with Crippen LogP contribution in [0.2, 0.25) is 0 Å². The zero-order chi connectivity index (χ0) is 36.0. The van der Waals surface area contributed by atoms with Crippen LogP contribution < -0.4 is 4.74 Å². The second-order valence-electron chi connectivity index (χ2n) is 13.3. The minimum Gasteiger partial charge on any atom is -0.508 e.